The molecule has 3 rings (SSSR count). The Balaban J connectivity index is 1.69. The maximum Gasteiger partial charge on any atom is 0.337 e. The zero-order valence-corrected chi connectivity index (χ0v) is 18.5. The van der Waals surface area contributed by atoms with Crippen LogP contribution in [0.3, 0.4) is 0 Å². The molecule has 2 aromatic carbocycles. The molecule has 0 aliphatic rings. The van der Waals surface area contributed by atoms with Gasteiger partial charge >= 0.3 is 5.97 Å². The van der Waals surface area contributed by atoms with Crippen LogP contribution >= 0.6 is 11.3 Å². The summed E-state index contributed by atoms with van der Waals surface area (Å²) in [5, 5.41) is 7.59. The Hall–Kier alpha value is -3.89. The van der Waals surface area contributed by atoms with Gasteiger partial charge in [-0.25, -0.2) is 4.79 Å². The van der Waals surface area contributed by atoms with Crippen molar-refractivity contribution in [2.75, 3.05) is 12.4 Å². The van der Waals surface area contributed by atoms with Crippen molar-refractivity contribution in [3.63, 3.8) is 0 Å². The highest BCUT2D eigenvalue weighted by Crippen LogP contribution is 2.23. The highest BCUT2D eigenvalue weighted by Gasteiger charge is 2.18. The van der Waals surface area contributed by atoms with Gasteiger partial charge in [0.1, 0.15) is 0 Å². The van der Waals surface area contributed by atoms with E-state index in [0.29, 0.717) is 22.4 Å². The summed E-state index contributed by atoms with van der Waals surface area (Å²) in [7, 11) is 1.33. The molecule has 3 aromatic rings. The highest BCUT2D eigenvalue weighted by atomic mass is 32.1. The highest BCUT2D eigenvalue weighted by molar-refractivity contribution is 7.10. The fourth-order valence-corrected chi connectivity index (χ4v) is 3.79. The Morgan fingerprint density at radius 3 is 2.38 bits per heavy atom. The minimum atomic E-state index is -0.418. The summed E-state index contributed by atoms with van der Waals surface area (Å²) in [6.07, 6.45) is 0.121. The summed E-state index contributed by atoms with van der Waals surface area (Å²) in [6, 6.07) is 17.5. The van der Waals surface area contributed by atoms with Crippen LogP contribution in [0.2, 0.25) is 0 Å². The number of anilines is 1. The number of hydrogen-bond acceptors (Lipinski definition) is 5. The van der Waals surface area contributed by atoms with E-state index >= 15 is 0 Å². The molecular formula is C25H22N2O4S. The molecule has 0 saturated heterocycles. The third-order valence-electron chi connectivity index (χ3n) is 4.43. The minimum Gasteiger partial charge on any atom is -0.465 e. The average molecular weight is 447 g/mol. The number of benzene rings is 2. The van der Waals surface area contributed by atoms with Crippen LogP contribution in [-0.2, 0) is 14.3 Å². The average Bonchev–Trinajstić information content (AvgIpc) is 3.32. The molecule has 0 bridgehead atoms. The number of nitrogens with one attached hydrogen (secondary N) is 2. The van der Waals surface area contributed by atoms with Gasteiger partial charge in [-0.2, -0.15) is 0 Å². The van der Waals surface area contributed by atoms with Crippen LogP contribution in [0.4, 0.5) is 5.69 Å². The predicted molar refractivity (Wildman–Crippen MR) is 124 cm³/mol. The standard InChI is InChI=1S/C25H22N2O4S/c1-17(28)26-22(23-10-5-13-32-23)16-24(29)27-21-9-4-7-19(15-21)12-11-18-6-3-8-20(14-18)25(30)31-2/h3-10,13-15,22H,16H2,1-2H3,(H,26,28)(H,27,29). The Bertz CT molecular complexity index is 1180. The van der Waals surface area contributed by atoms with Gasteiger partial charge in [-0.05, 0) is 47.8 Å². The molecule has 162 valence electrons. The number of carbonyl (C=O) groups is 3. The Morgan fingerprint density at radius 1 is 1.00 bits per heavy atom. The lowest BCUT2D eigenvalue weighted by Crippen LogP contribution is -2.29. The second-order valence-electron chi connectivity index (χ2n) is 6.92. The van der Waals surface area contributed by atoms with E-state index in [1.807, 2.05) is 23.6 Å². The fraction of sp³-hybridized carbons (Fsp3) is 0.160. The normalized spacial score (nSPS) is 10.9. The molecule has 0 aliphatic heterocycles. The second kappa shape index (κ2) is 10.9. The van der Waals surface area contributed by atoms with Crippen molar-refractivity contribution >= 4 is 34.8 Å². The molecule has 1 heterocycles. The number of rotatable bonds is 6. The largest absolute Gasteiger partial charge is 0.465 e. The molecule has 6 nitrogen and oxygen atoms in total. The summed E-state index contributed by atoms with van der Waals surface area (Å²) < 4.78 is 4.73. The first-order chi connectivity index (χ1) is 15.4. The van der Waals surface area contributed by atoms with Crippen LogP contribution in [0.1, 0.15) is 45.7 Å². The van der Waals surface area contributed by atoms with Crippen LogP contribution in [0.25, 0.3) is 0 Å². The van der Waals surface area contributed by atoms with Gasteiger partial charge < -0.3 is 15.4 Å². The van der Waals surface area contributed by atoms with E-state index in [0.717, 1.165) is 4.88 Å². The number of hydrogen-bond donors (Lipinski definition) is 2. The van der Waals surface area contributed by atoms with E-state index in [9.17, 15) is 14.4 Å². The summed E-state index contributed by atoms with van der Waals surface area (Å²) >= 11 is 1.49. The number of amides is 2. The smallest absolute Gasteiger partial charge is 0.337 e. The number of esters is 1. The Labute approximate surface area is 190 Å². The number of methoxy groups -OCH3 is 1. The monoisotopic (exact) mass is 446 g/mol. The van der Waals surface area contributed by atoms with Crippen LogP contribution in [0, 0.1) is 11.8 Å². The van der Waals surface area contributed by atoms with E-state index in [-0.39, 0.29) is 24.3 Å². The molecule has 0 saturated carbocycles. The third kappa shape index (κ3) is 6.56. The van der Waals surface area contributed by atoms with Crippen LogP contribution in [0.15, 0.2) is 66.0 Å². The quantitative estimate of drug-likeness (QED) is 0.440. The molecule has 2 N–H and O–H groups in total. The van der Waals surface area contributed by atoms with E-state index in [4.69, 9.17) is 4.74 Å². The van der Waals surface area contributed by atoms with Crippen molar-refractivity contribution in [2.45, 2.75) is 19.4 Å². The van der Waals surface area contributed by atoms with Gasteiger partial charge in [0.15, 0.2) is 0 Å². The van der Waals surface area contributed by atoms with E-state index < -0.39 is 5.97 Å². The van der Waals surface area contributed by atoms with Gasteiger partial charge in [-0.15, -0.1) is 11.3 Å². The molecule has 1 unspecified atom stereocenters. The van der Waals surface area contributed by atoms with E-state index in [2.05, 4.69) is 22.5 Å². The van der Waals surface area contributed by atoms with Crippen molar-refractivity contribution in [1.29, 1.82) is 0 Å². The molecule has 0 fully saturated rings. The van der Waals surface area contributed by atoms with Crippen molar-refractivity contribution in [3.8, 4) is 11.8 Å². The van der Waals surface area contributed by atoms with Gasteiger partial charge in [-0.3, -0.25) is 9.59 Å². The maximum absolute atomic E-state index is 12.6. The maximum atomic E-state index is 12.6. The van der Waals surface area contributed by atoms with Crippen LogP contribution in [-0.4, -0.2) is 24.9 Å². The topological polar surface area (TPSA) is 84.5 Å². The molecule has 1 atom stereocenters. The molecule has 7 heteroatoms. The summed E-state index contributed by atoms with van der Waals surface area (Å²) in [4.78, 5) is 36.7. The van der Waals surface area contributed by atoms with Crippen molar-refractivity contribution < 1.29 is 19.1 Å². The molecule has 0 radical (unpaired) electrons. The van der Waals surface area contributed by atoms with Crippen LogP contribution in [0.5, 0.6) is 0 Å². The van der Waals surface area contributed by atoms with Crippen molar-refractivity contribution in [2.24, 2.45) is 0 Å². The molecule has 2 amide bonds. The lowest BCUT2D eigenvalue weighted by Gasteiger charge is -2.16. The molecule has 0 aliphatic carbocycles. The first-order valence-electron chi connectivity index (χ1n) is 9.85. The predicted octanol–water partition coefficient (Wildman–Crippen LogP) is 4.14. The number of thiophene rings is 1. The zero-order valence-electron chi connectivity index (χ0n) is 17.7. The SMILES string of the molecule is COC(=O)c1cccc(C#Cc2cccc(NC(=O)CC(NC(C)=O)c3cccs3)c2)c1. The second-order valence-corrected chi connectivity index (χ2v) is 7.90. The van der Waals surface area contributed by atoms with Crippen molar-refractivity contribution in [1.82, 2.24) is 5.32 Å². The molecule has 0 spiro atoms. The first kappa shape index (κ1) is 22.8. The third-order valence-corrected chi connectivity index (χ3v) is 5.42. The fourth-order valence-electron chi connectivity index (χ4n) is 3.02. The van der Waals surface area contributed by atoms with Gasteiger partial charge in [-0.1, -0.05) is 30.0 Å². The van der Waals surface area contributed by atoms with E-state index in [1.54, 1.807) is 42.5 Å². The van der Waals surface area contributed by atoms with E-state index in [1.165, 1.54) is 25.4 Å². The zero-order chi connectivity index (χ0) is 22.9. The lowest BCUT2D eigenvalue weighted by molar-refractivity contribution is -0.120. The van der Waals surface area contributed by atoms with Crippen molar-refractivity contribution in [3.05, 3.63) is 87.6 Å². The summed E-state index contributed by atoms with van der Waals surface area (Å²) in [6.45, 7) is 1.43. The number of ether oxygens (including phenoxy) is 1. The lowest BCUT2D eigenvalue weighted by atomic mass is 10.1. The van der Waals surface area contributed by atoms with Gasteiger partial charge in [0, 0.05) is 28.6 Å². The Morgan fingerprint density at radius 2 is 1.72 bits per heavy atom. The van der Waals surface area contributed by atoms with Gasteiger partial charge in [0.2, 0.25) is 11.8 Å². The summed E-state index contributed by atoms with van der Waals surface area (Å²) in [5.74, 6) is 5.23. The van der Waals surface area contributed by atoms with Crippen LogP contribution < -0.4 is 10.6 Å². The van der Waals surface area contributed by atoms with Gasteiger partial charge in [0.05, 0.1) is 25.1 Å². The Kier molecular flexibility index (Phi) is 7.79. The molecular weight excluding hydrogens is 424 g/mol. The van der Waals surface area contributed by atoms with Gasteiger partial charge in [0.25, 0.3) is 0 Å². The molecule has 32 heavy (non-hydrogen) atoms. The summed E-state index contributed by atoms with van der Waals surface area (Å²) in [5.41, 5.74) is 2.43. The first-order valence-corrected chi connectivity index (χ1v) is 10.7. The number of carbonyl (C=O) groups excluding carboxylic acids is 3. The molecule has 1 aromatic heterocycles. The minimum absolute atomic E-state index is 0.121.